The molecule has 20 heavy (non-hydrogen) atoms. The largest absolute Gasteiger partial charge is 0.527 e. The Hall–Kier alpha value is -0.200. The second-order valence-corrected chi connectivity index (χ2v) is 6.15. The molecule has 0 radical (unpaired) electrons. The first-order valence-corrected chi connectivity index (χ1v) is 8.59. The number of aliphatic hydroxyl groups excluding tert-OH is 1. The Bertz CT molecular complexity index is 428. The summed E-state index contributed by atoms with van der Waals surface area (Å²) in [6.07, 6.45) is -2.20. The van der Waals surface area contributed by atoms with Gasteiger partial charge in [0.1, 0.15) is 0 Å². The summed E-state index contributed by atoms with van der Waals surface area (Å²) in [4.78, 5) is 64.7. The van der Waals surface area contributed by atoms with E-state index in [1.54, 1.807) is 0 Å². The van der Waals surface area contributed by atoms with E-state index < -0.39 is 42.1 Å². The van der Waals surface area contributed by atoms with Crippen molar-refractivity contribution in [2.24, 2.45) is 0 Å². The molecule has 0 aromatic heterocycles. The van der Waals surface area contributed by atoms with Gasteiger partial charge in [-0.05, 0) is 0 Å². The second kappa shape index (κ2) is 8.29. The fourth-order valence-electron chi connectivity index (χ4n) is 0.414. The van der Waals surface area contributed by atoms with Crippen molar-refractivity contribution in [3.63, 3.8) is 0 Å². The molecule has 0 amide bonds. The van der Waals surface area contributed by atoms with Crippen molar-refractivity contribution in [3.8, 4) is 0 Å². The summed E-state index contributed by atoms with van der Waals surface area (Å²) in [6, 6.07) is 0. The zero-order valence-corrected chi connectivity index (χ0v) is 11.8. The molecule has 0 heterocycles. The highest BCUT2D eigenvalue weighted by Crippen LogP contribution is 2.38. The standard InChI is InChI=1S/C3H8O10P2.H3O4P/c4-2(1-12-14(6,7)8)3(5)13-15(9,10)11;1-5(2,3)4/h2,4H,1H2,(H2,6,7,8)(H2,9,10,11);(H3,1,2,3,4). The highest BCUT2D eigenvalue weighted by atomic mass is 31.2. The van der Waals surface area contributed by atoms with Gasteiger partial charge in [-0.15, -0.1) is 0 Å². The predicted molar refractivity (Wildman–Crippen MR) is 56.4 cm³/mol. The summed E-state index contributed by atoms with van der Waals surface area (Å²) < 4.78 is 36.2. The molecule has 1 atom stereocenters. The molecule has 0 saturated heterocycles. The number of carbonyl (C=O) groups excluding carboxylic acids is 1. The van der Waals surface area contributed by atoms with Gasteiger partial charge < -0.3 is 34.1 Å². The molecule has 0 aliphatic rings. The summed E-state index contributed by atoms with van der Waals surface area (Å²) in [6.45, 7) is -1.15. The number of carbonyl (C=O) groups is 1. The van der Waals surface area contributed by atoms with Crippen molar-refractivity contribution in [1.29, 1.82) is 0 Å². The van der Waals surface area contributed by atoms with Crippen LogP contribution in [-0.4, -0.2) is 58.0 Å². The maximum atomic E-state index is 10.6. The van der Waals surface area contributed by atoms with E-state index >= 15 is 0 Å². The molecule has 14 nitrogen and oxygen atoms in total. The van der Waals surface area contributed by atoms with Crippen LogP contribution in [0.4, 0.5) is 0 Å². The molecule has 8 N–H and O–H groups in total. The number of aliphatic hydroxyl groups is 1. The van der Waals surface area contributed by atoms with Crippen LogP contribution in [-0.2, 0) is 27.5 Å². The Morgan fingerprint density at radius 3 is 1.50 bits per heavy atom. The Morgan fingerprint density at radius 1 is 0.900 bits per heavy atom. The van der Waals surface area contributed by atoms with Gasteiger partial charge in [0.15, 0.2) is 6.10 Å². The summed E-state index contributed by atoms with van der Waals surface area (Å²) in [7, 11) is -14.6. The lowest BCUT2D eigenvalue weighted by molar-refractivity contribution is -0.146. The van der Waals surface area contributed by atoms with Crippen LogP contribution in [0.15, 0.2) is 0 Å². The van der Waals surface area contributed by atoms with Crippen molar-refractivity contribution in [2.75, 3.05) is 6.61 Å². The van der Waals surface area contributed by atoms with Crippen LogP contribution < -0.4 is 0 Å². The van der Waals surface area contributed by atoms with Gasteiger partial charge in [-0.25, -0.2) is 18.5 Å². The molecule has 0 aromatic rings. The van der Waals surface area contributed by atoms with Gasteiger partial charge >= 0.3 is 29.4 Å². The normalized spacial score (nSPS) is 14.0. The first-order valence-electron chi connectivity index (χ1n) is 3.96. The van der Waals surface area contributed by atoms with E-state index in [1.807, 2.05) is 0 Å². The van der Waals surface area contributed by atoms with E-state index in [0.29, 0.717) is 0 Å². The first-order chi connectivity index (χ1) is 8.51. The Balaban J connectivity index is 0. The topological polar surface area (TPSA) is 249 Å². The molecule has 0 saturated carbocycles. The number of rotatable bonds is 5. The Kier molecular flexibility index (Phi) is 9.16. The van der Waals surface area contributed by atoms with Crippen molar-refractivity contribution < 1.29 is 66.9 Å². The molecule has 0 aromatic carbocycles. The van der Waals surface area contributed by atoms with Gasteiger partial charge in [-0.2, -0.15) is 0 Å². The summed E-state index contributed by atoms with van der Waals surface area (Å²) in [5, 5.41) is 8.76. The molecule has 0 aliphatic heterocycles. The molecule has 0 aliphatic carbocycles. The number of phosphoric ester groups is 2. The average Bonchev–Trinajstić information content (AvgIpc) is 2.07. The molecule has 17 heteroatoms. The molecule has 122 valence electrons. The van der Waals surface area contributed by atoms with Crippen LogP contribution in [0.3, 0.4) is 0 Å². The fourth-order valence-corrected chi connectivity index (χ4v) is 1.11. The third-order valence-corrected chi connectivity index (χ3v) is 1.78. The lowest BCUT2D eigenvalue weighted by atomic mass is 10.4. The van der Waals surface area contributed by atoms with Gasteiger partial charge in [0.05, 0.1) is 6.61 Å². The van der Waals surface area contributed by atoms with Gasteiger partial charge in [-0.3, -0.25) is 14.3 Å². The third kappa shape index (κ3) is 22.9. The zero-order chi connectivity index (χ0) is 16.8. The van der Waals surface area contributed by atoms with Gasteiger partial charge in [0.2, 0.25) is 0 Å². The summed E-state index contributed by atoms with van der Waals surface area (Å²) >= 11 is 0. The first kappa shape index (κ1) is 22.1. The highest BCUT2D eigenvalue weighted by molar-refractivity contribution is 7.47. The van der Waals surface area contributed by atoms with Crippen LogP contribution >= 0.6 is 23.5 Å². The lowest BCUT2D eigenvalue weighted by Gasteiger charge is -2.11. The van der Waals surface area contributed by atoms with E-state index in [0.717, 1.165) is 0 Å². The predicted octanol–water partition coefficient (Wildman–Crippen LogP) is -2.84. The van der Waals surface area contributed by atoms with Crippen molar-refractivity contribution in [1.82, 2.24) is 0 Å². The third-order valence-electron chi connectivity index (χ3n) is 0.882. The minimum atomic E-state index is -5.10. The average molecular weight is 364 g/mol. The Labute approximate surface area is 110 Å². The highest BCUT2D eigenvalue weighted by Gasteiger charge is 2.28. The Morgan fingerprint density at radius 2 is 1.25 bits per heavy atom. The van der Waals surface area contributed by atoms with Crippen molar-refractivity contribution >= 4 is 29.4 Å². The SMILES string of the molecule is O=C(OP(=O)(O)O)C(O)COP(=O)(O)O.O=P(O)(O)O. The monoisotopic (exact) mass is 364 g/mol. The van der Waals surface area contributed by atoms with E-state index in [1.165, 1.54) is 0 Å². The van der Waals surface area contributed by atoms with Crippen LogP contribution in [0, 0.1) is 0 Å². The summed E-state index contributed by atoms with van der Waals surface area (Å²) in [5.41, 5.74) is 0. The molecule has 0 spiro atoms. The maximum absolute atomic E-state index is 10.6. The number of hydrogen-bond acceptors (Lipinski definition) is 7. The quantitative estimate of drug-likeness (QED) is 0.229. The molecular weight excluding hydrogens is 353 g/mol. The fraction of sp³-hybridized carbons (Fsp3) is 0.667. The van der Waals surface area contributed by atoms with Gasteiger partial charge in [0, 0.05) is 0 Å². The molecule has 1 unspecified atom stereocenters. The molecule has 0 fully saturated rings. The van der Waals surface area contributed by atoms with E-state index in [-0.39, 0.29) is 0 Å². The van der Waals surface area contributed by atoms with Crippen molar-refractivity contribution in [3.05, 3.63) is 0 Å². The second-order valence-electron chi connectivity index (χ2n) is 2.72. The molecule has 0 rings (SSSR count). The molecule has 0 bridgehead atoms. The molecular formula is C3H11O14P3. The van der Waals surface area contributed by atoms with Gasteiger partial charge in [-0.1, -0.05) is 0 Å². The minimum Gasteiger partial charge on any atom is -0.379 e. The van der Waals surface area contributed by atoms with Crippen molar-refractivity contribution in [2.45, 2.75) is 6.10 Å². The van der Waals surface area contributed by atoms with Gasteiger partial charge in [0.25, 0.3) is 0 Å². The lowest BCUT2D eigenvalue weighted by Crippen LogP contribution is -2.26. The maximum Gasteiger partial charge on any atom is 0.527 e. The number of hydrogen-bond donors (Lipinski definition) is 8. The van der Waals surface area contributed by atoms with Crippen LogP contribution in [0.5, 0.6) is 0 Å². The van der Waals surface area contributed by atoms with E-state index in [2.05, 4.69) is 9.05 Å². The zero-order valence-electron chi connectivity index (χ0n) is 9.15. The number of phosphoric acid groups is 3. The van der Waals surface area contributed by atoms with Crippen LogP contribution in [0.1, 0.15) is 0 Å². The van der Waals surface area contributed by atoms with E-state index in [9.17, 15) is 13.9 Å². The van der Waals surface area contributed by atoms with E-state index in [4.69, 9.17) is 43.9 Å². The summed E-state index contributed by atoms with van der Waals surface area (Å²) in [5.74, 6) is -1.75. The smallest absolute Gasteiger partial charge is 0.379 e. The minimum absolute atomic E-state index is 1.15. The van der Waals surface area contributed by atoms with Crippen LogP contribution in [0.2, 0.25) is 0 Å². The van der Waals surface area contributed by atoms with Crippen LogP contribution in [0.25, 0.3) is 0 Å².